The number of hydrogen-bond acceptors (Lipinski definition) is 4. The molecule has 7 heteroatoms. The summed E-state index contributed by atoms with van der Waals surface area (Å²) in [5.74, 6) is 1.11. The zero-order valence-corrected chi connectivity index (χ0v) is 14.3. The molecule has 1 heterocycles. The van der Waals surface area contributed by atoms with E-state index in [1.165, 1.54) is 21.4 Å². The first-order valence-corrected chi connectivity index (χ1v) is 9.04. The van der Waals surface area contributed by atoms with Crippen molar-refractivity contribution >= 4 is 15.7 Å². The second-order valence-electron chi connectivity index (χ2n) is 5.93. The molecule has 3 rings (SSSR count). The third-order valence-corrected chi connectivity index (χ3v) is 6.11. The van der Waals surface area contributed by atoms with Crippen molar-refractivity contribution in [3.05, 3.63) is 36.7 Å². The number of sulfonamides is 1. The van der Waals surface area contributed by atoms with Gasteiger partial charge in [0.25, 0.3) is 10.0 Å². The Morgan fingerprint density at radius 1 is 1.30 bits per heavy atom. The van der Waals surface area contributed by atoms with Gasteiger partial charge in [-0.15, -0.1) is 0 Å². The van der Waals surface area contributed by atoms with Crippen LogP contribution in [-0.4, -0.2) is 31.3 Å². The minimum absolute atomic E-state index is 0.0893. The number of rotatable bonds is 6. The Hall–Kier alpha value is -2.02. The maximum atomic E-state index is 13.1. The highest BCUT2D eigenvalue weighted by atomic mass is 32.2. The van der Waals surface area contributed by atoms with Gasteiger partial charge in [-0.25, -0.2) is 8.42 Å². The summed E-state index contributed by atoms with van der Waals surface area (Å²) in [6, 6.07) is 7.03. The monoisotopic (exact) mass is 335 g/mol. The van der Waals surface area contributed by atoms with E-state index in [2.05, 4.69) is 5.10 Å². The van der Waals surface area contributed by atoms with Crippen LogP contribution < -0.4 is 9.04 Å². The molecule has 1 atom stereocenters. The van der Waals surface area contributed by atoms with E-state index in [-0.39, 0.29) is 10.9 Å². The lowest BCUT2D eigenvalue weighted by Crippen LogP contribution is -2.40. The number of nitrogens with zero attached hydrogens (tertiary/aromatic N) is 3. The summed E-state index contributed by atoms with van der Waals surface area (Å²) < 4.78 is 34.4. The van der Waals surface area contributed by atoms with Gasteiger partial charge in [0, 0.05) is 19.3 Å². The molecule has 1 aliphatic carbocycles. The van der Waals surface area contributed by atoms with Crippen LogP contribution in [0.15, 0.2) is 41.6 Å². The van der Waals surface area contributed by atoms with E-state index in [1.54, 1.807) is 38.4 Å². The maximum absolute atomic E-state index is 13.1. The summed E-state index contributed by atoms with van der Waals surface area (Å²) in [6.45, 7) is 1.97. The van der Waals surface area contributed by atoms with Gasteiger partial charge in [0.2, 0.25) is 0 Å². The van der Waals surface area contributed by atoms with Crippen molar-refractivity contribution in [2.45, 2.75) is 30.7 Å². The first-order chi connectivity index (χ1) is 10.9. The Bertz CT molecular complexity index is 779. The fourth-order valence-corrected chi connectivity index (χ4v) is 4.44. The smallest absolute Gasteiger partial charge is 0.267 e. The third kappa shape index (κ3) is 3.06. The predicted octanol–water partition coefficient (Wildman–Crippen LogP) is 2.42. The van der Waals surface area contributed by atoms with Crippen molar-refractivity contribution in [3.8, 4) is 5.75 Å². The van der Waals surface area contributed by atoms with E-state index in [0.29, 0.717) is 17.4 Å². The van der Waals surface area contributed by atoms with Gasteiger partial charge in [-0.2, -0.15) is 5.10 Å². The van der Waals surface area contributed by atoms with Crippen molar-refractivity contribution in [3.63, 3.8) is 0 Å². The molecule has 124 valence electrons. The minimum atomic E-state index is -3.65. The average molecular weight is 335 g/mol. The van der Waals surface area contributed by atoms with E-state index < -0.39 is 10.0 Å². The standard InChI is InChI=1S/C16H21N3O3S/c1-12(13-4-5-13)19(14-6-8-15(22-3)9-7-14)23(20,21)16-10-17-18(2)11-16/h6-13H,4-5H2,1-3H3. The van der Waals surface area contributed by atoms with Gasteiger partial charge in [0.15, 0.2) is 0 Å². The van der Waals surface area contributed by atoms with Gasteiger partial charge in [-0.05, 0) is 49.9 Å². The van der Waals surface area contributed by atoms with Crippen LogP contribution in [0.4, 0.5) is 5.69 Å². The van der Waals surface area contributed by atoms with Crippen LogP contribution in [0.3, 0.4) is 0 Å². The van der Waals surface area contributed by atoms with Gasteiger partial charge in [0.1, 0.15) is 10.6 Å². The Kier molecular flexibility index (Phi) is 4.06. The molecule has 1 aromatic carbocycles. The Balaban J connectivity index is 2.04. The highest BCUT2D eigenvalue weighted by Crippen LogP contribution is 2.39. The number of methoxy groups -OCH3 is 1. The van der Waals surface area contributed by atoms with Gasteiger partial charge in [0.05, 0.1) is 19.0 Å². The summed E-state index contributed by atoms with van der Waals surface area (Å²) in [4.78, 5) is 0.211. The Morgan fingerprint density at radius 2 is 1.96 bits per heavy atom. The average Bonchev–Trinajstić information content (AvgIpc) is 3.29. The van der Waals surface area contributed by atoms with Crippen molar-refractivity contribution in [1.29, 1.82) is 0 Å². The molecule has 1 unspecified atom stereocenters. The second kappa shape index (κ2) is 5.88. The van der Waals surface area contributed by atoms with Crippen LogP contribution in [0.2, 0.25) is 0 Å². The van der Waals surface area contributed by atoms with E-state index >= 15 is 0 Å². The molecule has 1 fully saturated rings. The molecule has 0 N–H and O–H groups in total. The Labute approximate surface area is 136 Å². The summed E-state index contributed by atoms with van der Waals surface area (Å²) in [7, 11) is -0.349. The lowest BCUT2D eigenvalue weighted by Gasteiger charge is -2.30. The molecule has 0 saturated heterocycles. The van der Waals surface area contributed by atoms with E-state index in [1.807, 2.05) is 6.92 Å². The summed E-state index contributed by atoms with van der Waals surface area (Å²) in [6.07, 6.45) is 5.06. The van der Waals surface area contributed by atoms with E-state index in [0.717, 1.165) is 12.8 Å². The highest BCUT2D eigenvalue weighted by Gasteiger charge is 2.39. The van der Waals surface area contributed by atoms with Crippen molar-refractivity contribution in [2.24, 2.45) is 13.0 Å². The molecule has 0 spiro atoms. The molecule has 0 aliphatic heterocycles. The number of anilines is 1. The number of aromatic nitrogens is 2. The first kappa shape index (κ1) is 15.9. The van der Waals surface area contributed by atoms with Gasteiger partial charge in [-0.3, -0.25) is 8.99 Å². The summed E-state index contributed by atoms with van der Waals surface area (Å²) >= 11 is 0. The molecule has 1 aliphatic rings. The first-order valence-electron chi connectivity index (χ1n) is 7.60. The molecule has 6 nitrogen and oxygen atoms in total. The van der Waals surface area contributed by atoms with Gasteiger partial charge < -0.3 is 4.74 Å². The fraction of sp³-hybridized carbons (Fsp3) is 0.438. The molecule has 1 saturated carbocycles. The number of ether oxygens (including phenoxy) is 1. The molecule has 2 aromatic rings. The van der Waals surface area contributed by atoms with Crippen LogP contribution in [0.25, 0.3) is 0 Å². The quantitative estimate of drug-likeness (QED) is 0.813. The van der Waals surface area contributed by atoms with Crippen LogP contribution in [0.1, 0.15) is 19.8 Å². The topological polar surface area (TPSA) is 64.4 Å². The number of aryl methyl sites for hydroxylation is 1. The summed E-state index contributed by atoms with van der Waals surface area (Å²) in [5, 5.41) is 4.00. The van der Waals surface area contributed by atoms with Gasteiger partial charge >= 0.3 is 0 Å². The molecule has 23 heavy (non-hydrogen) atoms. The van der Waals surface area contributed by atoms with Crippen molar-refractivity contribution in [1.82, 2.24) is 9.78 Å². The molecule has 0 bridgehead atoms. The second-order valence-corrected chi connectivity index (χ2v) is 7.74. The van der Waals surface area contributed by atoms with Crippen LogP contribution in [0, 0.1) is 5.92 Å². The van der Waals surface area contributed by atoms with E-state index in [4.69, 9.17) is 4.74 Å². The highest BCUT2D eigenvalue weighted by molar-refractivity contribution is 7.92. The largest absolute Gasteiger partial charge is 0.497 e. The maximum Gasteiger partial charge on any atom is 0.267 e. The third-order valence-electron chi connectivity index (χ3n) is 4.24. The van der Waals surface area contributed by atoms with Crippen LogP contribution >= 0.6 is 0 Å². The lowest BCUT2D eigenvalue weighted by molar-refractivity contribution is 0.415. The van der Waals surface area contributed by atoms with Crippen molar-refractivity contribution in [2.75, 3.05) is 11.4 Å². The van der Waals surface area contributed by atoms with E-state index in [9.17, 15) is 8.42 Å². The van der Waals surface area contributed by atoms with Crippen molar-refractivity contribution < 1.29 is 13.2 Å². The fourth-order valence-electron chi connectivity index (χ4n) is 2.74. The molecule has 0 radical (unpaired) electrons. The molecular weight excluding hydrogens is 314 g/mol. The van der Waals surface area contributed by atoms with Gasteiger partial charge in [-0.1, -0.05) is 0 Å². The predicted molar refractivity (Wildman–Crippen MR) is 88.1 cm³/mol. The molecular formula is C16H21N3O3S. The van der Waals surface area contributed by atoms with Crippen LogP contribution in [-0.2, 0) is 17.1 Å². The molecule has 0 amide bonds. The summed E-state index contributed by atoms with van der Waals surface area (Å²) in [5.41, 5.74) is 0.647. The zero-order chi connectivity index (χ0) is 16.6. The number of hydrogen-bond donors (Lipinski definition) is 0. The van der Waals surface area contributed by atoms with Crippen LogP contribution in [0.5, 0.6) is 5.75 Å². The number of benzene rings is 1. The lowest BCUT2D eigenvalue weighted by atomic mass is 10.2. The Morgan fingerprint density at radius 3 is 2.43 bits per heavy atom. The normalized spacial score (nSPS) is 16.1. The molecule has 1 aromatic heterocycles. The minimum Gasteiger partial charge on any atom is -0.497 e. The zero-order valence-electron chi connectivity index (χ0n) is 13.5. The SMILES string of the molecule is COc1ccc(N(C(C)C2CC2)S(=O)(=O)c2cnn(C)c2)cc1.